The van der Waals surface area contributed by atoms with Crippen molar-refractivity contribution >= 4 is 12.2 Å². The first-order valence-corrected chi connectivity index (χ1v) is 8.15. The normalized spacial score (nSPS) is 12.2. The number of rotatable bonds is 5. The molecular weight excluding hydrogens is 318 g/mol. The first-order valence-electron chi connectivity index (χ1n) is 8.15. The molecule has 0 atom stereocenters. The van der Waals surface area contributed by atoms with Crippen LogP contribution in [-0.4, -0.2) is 44.9 Å². The average molecular weight is 341 g/mol. The van der Waals surface area contributed by atoms with Gasteiger partial charge in [-0.25, -0.2) is 0 Å². The van der Waals surface area contributed by atoms with Gasteiger partial charge in [-0.3, -0.25) is 0 Å². The van der Waals surface area contributed by atoms with Gasteiger partial charge >= 0.3 is 0 Å². The highest BCUT2D eigenvalue weighted by Gasteiger charge is 2.20. The third-order valence-corrected chi connectivity index (χ3v) is 4.25. The minimum absolute atomic E-state index is 0.0836. The van der Waals surface area contributed by atoms with E-state index in [2.05, 4.69) is 25.1 Å². The van der Waals surface area contributed by atoms with Gasteiger partial charge in [-0.2, -0.15) is 0 Å². The van der Waals surface area contributed by atoms with E-state index in [9.17, 15) is 5.11 Å². The monoisotopic (exact) mass is 341 g/mol. The van der Waals surface area contributed by atoms with E-state index in [0.717, 1.165) is 24.1 Å². The molecule has 0 spiro atoms. The van der Waals surface area contributed by atoms with Gasteiger partial charge in [-0.15, -0.1) is 0 Å². The van der Waals surface area contributed by atoms with Gasteiger partial charge in [0.05, 0.1) is 14.2 Å². The Bertz CT molecular complexity index is 812. The molecule has 1 aliphatic heterocycles. The van der Waals surface area contributed by atoms with E-state index in [1.165, 1.54) is 12.7 Å². The molecule has 0 saturated carbocycles. The highest BCUT2D eigenvalue weighted by Crippen LogP contribution is 2.44. The summed E-state index contributed by atoms with van der Waals surface area (Å²) in [5.74, 6) is 2.43. The van der Waals surface area contributed by atoms with Crippen LogP contribution in [0.25, 0.3) is 12.2 Å². The zero-order valence-corrected chi connectivity index (χ0v) is 15.0. The fraction of sp³-hybridized carbons (Fsp3) is 0.300. The molecule has 132 valence electrons. The highest BCUT2D eigenvalue weighted by molar-refractivity contribution is 5.81. The molecule has 1 heterocycles. The Morgan fingerprint density at radius 2 is 1.80 bits per heavy atom. The maximum absolute atomic E-state index is 10.0. The van der Waals surface area contributed by atoms with Crippen LogP contribution in [0.2, 0.25) is 0 Å². The van der Waals surface area contributed by atoms with Crippen molar-refractivity contribution in [2.24, 2.45) is 0 Å². The zero-order valence-electron chi connectivity index (χ0n) is 15.0. The Morgan fingerprint density at radius 3 is 2.48 bits per heavy atom. The number of hydrogen-bond donors (Lipinski definition) is 1. The molecule has 0 unspecified atom stereocenters. The molecule has 2 aromatic rings. The number of likely N-dealkylation sites (N-methyl/N-ethyl adjacent to an activating group) is 1. The first kappa shape index (κ1) is 17.2. The van der Waals surface area contributed by atoms with Crippen molar-refractivity contribution in [1.82, 2.24) is 4.90 Å². The van der Waals surface area contributed by atoms with Crippen molar-refractivity contribution in [3.8, 4) is 28.7 Å². The SMILES string of the molecule is COc1cc2c(cc1O)C=Cc1c(CCN(C)C)ccc(OC)c1O2. The van der Waals surface area contributed by atoms with Crippen molar-refractivity contribution in [2.75, 3.05) is 34.9 Å². The van der Waals surface area contributed by atoms with Crippen LogP contribution < -0.4 is 14.2 Å². The van der Waals surface area contributed by atoms with Crippen molar-refractivity contribution < 1.29 is 19.3 Å². The van der Waals surface area contributed by atoms with Gasteiger partial charge in [0.1, 0.15) is 5.75 Å². The van der Waals surface area contributed by atoms with Crippen LogP contribution in [0.1, 0.15) is 16.7 Å². The van der Waals surface area contributed by atoms with E-state index in [1.54, 1.807) is 19.2 Å². The minimum Gasteiger partial charge on any atom is -0.504 e. The summed E-state index contributed by atoms with van der Waals surface area (Å²) in [7, 11) is 7.26. The number of methoxy groups -OCH3 is 2. The molecular formula is C20H23NO4. The van der Waals surface area contributed by atoms with Crippen LogP contribution >= 0.6 is 0 Å². The van der Waals surface area contributed by atoms with Gasteiger partial charge in [-0.1, -0.05) is 18.2 Å². The van der Waals surface area contributed by atoms with Gasteiger partial charge < -0.3 is 24.2 Å². The predicted molar refractivity (Wildman–Crippen MR) is 98.9 cm³/mol. The standard InChI is InChI=1S/C20H23NO4/c1-21(2)10-9-13-6-8-17(23-3)20-15(13)7-5-14-11-16(22)19(24-4)12-18(14)25-20/h5-8,11-12,22H,9-10H2,1-4H3. The van der Waals surface area contributed by atoms with Crippen LogP contribution in [-0.2, 0) is 6.42 Å². The average Bonchev–Trinajstić information content (AvgIpc) is 2.78. The van der Waals surface area contributed by atoms with Crippen molar-refractivity contribution in [3.05, 3.63) is 41.0 Å². The molecule has 0 aromatic heterocycles. The second kappa shape index (κ2) is 7.07. The first-order chi connectivity index (χ1) is 12.0. The lowest BCUT2D eigenvalue weighted by molar-refractivity contribution is 0.362. The number of ether oxygens (including phenoxy) is 3. The van der Waals surface area contributed by atoms with Gasteiger partial charge in [-0.05, 0) is 38.2 Å². The predicted octanol–water partition coefficient (Wildman–Crippen LogP) is 3.79. The van der Waals surface area contributed by atoms with Crippen molar-refractivity contribution in [1.29, 1.82) is 0 Å². The number of benzene rings is 2. The summed E-state index contributed by atoms with van der Waals surface area (Å²) >= 11 is 0. The molecule has 0 fully saturated rings. The number of phenols is 1. The van der Waals surface area contributed by atoms with Gasteiger partial charge in [0.25, 0.3) is 0 Å². The highest BCUT2D eigenvalue weighted by atomic mass is 16.5. The number of phenolic OH excluding ortho intramolecular Hbond substituents is 1. The van der Waals surface area contributed by atoms with Gasteiger partial charge in [0.15, 0.2) is 23.0 Å². The maximum Gasteiger partial charge on any atom is 0.176 e. The Labute approximate surface area is 148 Å². The second-order valence-corrected chi connectivity index (χ2v) is 6.22. The summed E-state index contributed by atoms with van der Waals surface area (Å²) in [6, 6.07) is 7.34. The molecule has 1 N–H and O–H groups in total. The molecule has 0 bridgehead atoms. The molecule has 0 amide bonds. The Balaban J connectivity index is 2.09. The third-order valence-electron chi connectivity index (χ3n) is 4.25. The fourth-order valence-corrected chi connectivity index (χ4v) is 2.86. The van der Waals surface area contributed by atoms with Crippen LogP contribution in [0.3, 0.4) is 0 Å². The molecule has 0 saturated heterocycles. The smallest absolute Gasteiger partial charge is 0.176 e. The second-order valence-electron chi connectivity index (χ2n) is 6.22. The largest absolute Gasteiger partial charge is 0.504 e. The van der Waals surface area contributed by atoms with Gasteiger partial charge in [0.2, 0.25) is 0 Å². The van der Waals surface area contributed by atoms with E-state index < -0.39 is 0 Å². The number of nitrogens with zero attached hydrogens (tertiary/aromatic N) is 1. The van der Waals surface area contributed by atoms with E-state index in [1.807, 2.05) is 18.2 Å². The molecule has 0 aliphatic carbocycles. The summed E-state index contributed by atoms with van der Waals surface area (Å²) in [4.78, 5) is 2.15. The zero-order chi connectivity index (χ0) is 18.0. The molecule has 1 aliphatic rings. The fourth-order valence-electron chi connectivity index (χ4n) is 2.86. The van der Waals surface area contributed by atoms with E-state index in [-0.39, 0.29) is 5.75 Å². The lowest BCUT2D eigenvalue weighted by Crippen LogP contribution is -2.15. The lowest BCUT2D eigenvalue weighted by atomic mass is 10.0. The molecule has 5 heteroatoms. The van der Waals surface area contributed by atoms with Crippen LogP contribution in [0, 0.1) is 0 Å². The number of fused-ring (bicyclic) bond motifs is 2. The van der Waals surface area contributed by atoms with Crippen LogP contribution in [0.4, 0.5) is 0 Å². The lowest BCUT2D eigenvalue weighted by Gasteiger charge is -2.17. The summed E-state index contributed by atoms with van der Waals surface area (Å²) in [5, 5.41) is 10.0. The number of hydrogen-bond acceptors (Lipinski definition) is 5. The van der Waals surface area contributed by atoms with E-state index in [4.69, 9.17) is 14.2 Å². The molecule has 2 aromatic carbocycles. The van der Waals surface area contributed by atoms with Crippen molar-refractivity contribution in [3.63, 3.8) is 0 Å². The minimum atomic E-state index is 0.0836. The summed E-state index contributed by atoms with van der Waals surface area (Å²) < 4.78 is 16.9. The Hall–Kier alpha value is -2.66. The summed E-state index contributed by atoms with van der Waals surface area (Å²) in [6.07, 6.45) is 4.86. The molecule has 3 rings (SSSR count). The quantitative estimate of drug-likeness (QED) is 0.765. The summed E-state index contributed by atoms with van der Waals surface area (Å²) in [6.45, 7) is 0.939. The Morgan fingerprint density at radius 1 is 1.04 bits per heavy atom. The molecule has 0 radical (unpaired) electrons. The maximum atomic E-state index is 10.0. The van der Waals surface area contributed by atoms with E-state index in [0.29, 0.717) is 23.0 Å². The topological polar surface area (TPSA) is 51.2 Å². The third kappa shape index (κ3) is 3.42. The van der Waals surface area contributed by atoms with Crippen LogP contribution in [0.15, 0.2) is 24.3 Å². The van der Waals surface area contributed by atoms with E-state index >= 15 is 0 Å². The Kier molecular flexibility index (Phi) is 4.86. The van der Waals surface area contributed by atoms with Crippen LogP contribution in [0.5, 0.6) is 28.7 Å². The summed E-state index contributed by atoms with van der Waals surface area (Å²) in [5.41, 5.74) is 2.97. The van der Waals surface area contributed by atoms with Gasteiger partial charge in [0, 0.05) is 23.7 Å². The van der Waals surface area contributed by atoms with Crippen molar-refractivity contribution in [2.45, 2.75) is 6.42 Å². The molecule has 25 heavy (non-hydrogen) atoms. The molecule has 5 nitrogen and oxygen atoms in total. The number of aromatic hydroxyl groups is 1.